The zero-order valence-corrected chi connectivity index (χ0v) is 26.9. The van der Waals surface area contributed by atoms with Crippen molar-refractivity contribution in [3.63, 3.8) is 0 Å². The largest absolute Gasteiger partial charge is 0.494 e. The van der Waals surface area contributed by atoms with Crippen molar-refractivity contribution in [3.8, 4) is 5.75 Å². The third kappa shape index (κ3) is 5.43. The molecule has 0 radical (unpaired) electrons. The molecule has 2 aromatic carbocycles. The normalized spacial score (nSPS) is 26.8. The maximum atomic E-state index is 14.6. The minimum Gasteiger partial charge on any atom is -0.494 e. The lowest BCUT2D eigenvalue weighted by Crippen LogP contribution is -2.55. The van der Waals surface area contributed by atoms with Crippen molar-refractivity contribution in [2.45, 2.75) is 48.6 Å². The molecule has 10 heteroatoms. The summed E-state index contributed by atoms with van der Waals surface area (Å²) < 4.78 is 4.27. The summed E-state index contributed by atoms with van der Waals surface area (Å²) in [6, 6.07) is 13.6. The van der Waals surface area contributed by atoms with E-state index in [0.29, 0.717) is 48.0 Å². The number of benzene rings is 2. The molecule has 3 amide bonds. The first-order valence-electron chi connectivity index (χ1n) is 15.1. The first-order chi connectivity index (χ1) is 21.2. The van der Waals surface area contributed by atoms with E-state index in [1.54, 1.807) is 62.9 Å². The monoisotopic (exact) mass is 637 g/mol. The molecule has 3 aliphatic rings. The molecule has 3 fully saturated rings. The van der Waals surface area contributed by atoms with E-state index in [1.807, 2.05) is 31.2 Å². The Morgan fingerprint density at radius 3 is 2.20 bits per heavy atom. The lowest BCUT2D eigenvalue weighted by molar-refractivity contribution is -0.139. The van der Waals surface area contributed by atoms with E-state index in [2.05, 4.69) is 20.1 Å². The van der Waals surface area contributed by atoms with Gasteiger partial charge in [-0.2, -0.15) is 0 Å². The quantitative estimate of drug-likeness (QED) is 0.298. The van der Waals surface area contributed by atoms with Gasteiger partial charge >= 0.3 is 0 Å². The number of aliphatic hydroxyl groups is 1. The molecule has 2 bridgehead atoms. The molecule has 2 aromatic rings. The topological polar surface area (TPSA) is 90.4 Å². The number of nitrogens with zero attached hydrogens (tertiary/aromatic N) is 3. The highest BCUT2D eigenvalue weighted by molar-refractivity contribution is 8.02. The highest BCUT2D eigenvalue weighted by Gasteiger charge is 2.77. The first kappa shape index (κ1) is 32.1. The highest BCUT2D eigenvalue weighted by atomic mass is 35.5. The zero-order valence-electron chi connectivity index (χ0n) is 25.3. The number of thioether (sulfide) groups is 1. The molecule has 3 saturated heterocycles. The SMILES string of the molecule is C=CCN(C(=O)C1N(CCCO)C(=O)[C@@H]2[C@H](C(=O)N(CC=C)c3ccc(OCC)cc3)[C@]3(C)CCC12S3)c1ccc(Cl)cc1. The Morgan fingerprint density at radius 1 is 1.05 bits per heavy atom. The van der Waals surface area contributed by atoms with E-state index >= 15 is 0 Å². The molecule has 44 heavy (non-hydrogen) atoms. The number of rotatable bonds is 13. The van der Waals surface area contributed by atoms with E-state index in [9.17, 15) is 19.5 Å². The highest BCUT2D eigenvalue weighted by Crippen LogP contribution is 2.71. The summed E-state index contributed by atoms with van der Waals surface area (Å²) in [4.78, 5) is 48.7. The second-order valence-electron chi connectivity index (χ2n) is 11.7. The summed E-state index contributed by atoms with van der Waals surface area (Å²) in [5.74, 6) is -1.19. The number of hydrogen-bond acceptors (Lipinski definition) is 6. The predicted octanol–water partition coefficient (Wildman–Crippen LogP) is 5.34. The van der Waals surface area contributed by atoms with Gasteiger partial charge in [-0.1, -0.05) is 23.8 Å². The molecule has 0 aromatic heterocycles. The maximum Gasteiger partial charge on any atom is 0.251 e. The molecule has 3 aliphatic heterocycles. The smallest absolute Gasteiger partial charge is 0.251 e. The van der Waals surface area contributed by atoms with Crippen LogP contribution >= 0.6 is 23.4 Å². The fourth-order valence-electron chi connectivity index (χ4n) is 7.29. The lowest BCUT2D eigenvalue weighted by atomic mass is 9.66. The number of ether oxygens (including phenoxy) is 1. The van der Waals surface area contributed by atoms with Gasteiger partial charge in [-0.25, -0.2) is 0 Å². The molecular weight excluding hydrogens is 598 g/mol. The van der Waals surface area contributed by atoms with Gasteiger partial charge in [0.25, 0.3) is 5.91 Å². The van der Waals surface area contributed by atoms with Gasteiger partial charge in [-0.05, 0) is 81.6 Å². The molecule has 2 unspecified atom stereocenters. The number of anilines is 2. The van der Waals surface area contributed by atoms with Gasteiger partial charge in [-0.15, -0.1) is 24.9 Å². The van der Waals surface area contributed by atoms with Crippen LogP contribution in [0.2, 0.25) is 5.02 Å². The van der Waals surface area contributed by atoms with Crippen LogP contribution in [-0.4, -0.2) is 76.1 Å². The summed E-state index contributed by atoms with van der Waals surface area (Å²) in [5.41, 5.74) is 1.34. The van der Waals surface area contributed by atoms with Gasteiger partial charge in [-0.3, -0.25) is 14.4 Å². The van der Waals surface area contributed by atoms with Crippen molar-refractivity contribution in [1.29, 1.82) is 0 Å². The Morgan fingerprint density at radius 2 is 1.64 bits per heavy atom. The first-order valence-corrected chi connectivity index (χ1v) is 16.3. The van der Waals surface area contributed by atoms with Gasteiger partial charge in [0.05, 0.1) is 23.2 Å². The van der Waals surface area contributed by atoms with E-state index < -0.39 is 27.4 Å². The summed E-state index contributed by atoms with van der Waals surface area (Å²) in [6.07, 6.45) is 5.00. The third-order valence-electron chi connectivity index (χ3n) is 9.09. The average molecular weight is 638 g/mol. The molecule has 234 valence electrons. The van der Waals surface area contributed by atoms with E-state index in [0.717, 1.165) is 0 Å². The van der Waals surface area contributed by atoms with Crippen LogP contribution in [-0.2, 0) is 14.4 Å². The molecule has 5 atom stereocenters. The second kappa shape index (κ2) is 13.0. The number of likely N-dealkylation sites (tertiary alicyclic amines) is 1. The van der Waals surface area contributed by atoms with Crippen LogP contribution < -0.4 is 14.5 Å². The van der Waals surface area contributed by atoms with Crippen LogP contribution in [0.4, 0.5) is 11.4 Å². The molecule has 0 aliphatic carbocycles. The number of aliphatic hydroxyl groups excluding tert-OH is 1. The van der Waals surface area contributed by atoms with Crippen molar-refractivity contribution in [3.05, 3.63) is 78.9 Å². The third-order valence-corrected chi connectivity index (χ3v) is 11.3. The lowest BCUT2D eigenvalue weighted by Gasteiger charge is -2.38. The van der Waals surface area contributed by atoms with Crippen LogP contribution in [0.5, 0.6) is 5.75 Å². The van der Waals surface area contributed by atoms with Crippen molar-refractivity contribution < 1.29 is 24.2 Å². The fourth-order valence-corrected chi connectivity index (χ4v) is 9.76. The molecular formula is C34H40ClN3O5S. The molecule has 1 spiro atoms. The molecule has 5 rings (SSSR count). The van der Waals surface area contributed by atoms with E-state index in [-0.39, 0.29) is 44.0 Å². The number of carbonyl (C=O) groups is 3. The van der Waals surface area contributed by atoms with E-state index in [1.165, 1.54) is 0 Å². The van der Waals surface area contributed by atoms with Gasteiger partial charge in [0.1, 0.15) is 11.8 Å². The summed E-state index contributed by atoms with van der Waals surface area (Å²) >= 11 is 7.77. The van der Waals surface area contributed by atoms with Crippen LogP contribution in [0.25, 0.3) is 0 Å². The van der Waals surface area contributed by atoms with Crippen molar-refractivity contribution in [2.24, 2.45) is 11.8 Å². The Balaban J connectivity index is 1.55. The van der Waals surface area contributed by atoms with Crippen molar-refractivity contribution in [1.82, 2.24) is 4.90 Å². The van der Waals surface area contributed by atoms with Gasteiger partial charge in [0.2, 0.25) is 11.8 Å². The molecule has 1 N–H and O–H groups in total. The number of carbonyl (C=O) groups excluding carboxylic acids is 3. The van der Waals surface area contributed by atoms with Crippen molar-refractivity contribution in [2.75, 3.05) is 42.6 Å². The Hall–Kier alpha value is -3.27. The number of fused-ring (bicyclic) bond motifs is 1. The minimum absolute atomic E-state index is 0.117. The molecule has 3 heterocycles. The average Bonchev–Trinajstić information content (AvgIpc) is 3.58. The number of halogens is 1. The Kier molecular flexibility index (Phi) is 9.49. The predicted molar refractivity (Wildman–Crippen MR) is 176 cm³/mol. The fraction of sp³-hybridized carbons (Fsp3) is 0.441. The number of amides is 3. The summed E-state index contributed by atoms with van der Waals surface area (Å²) in [6.45, 7) is 12.9. The van der Waals surface area contributed by atoms with Crippen LogP contribution in [0, 0.1) is 11.8 Å². The van der Waals surface area contributed by atoms with Gasteiger partial charge in [0.15, 0.2) is 0 Å². The maximum absolute atomic E-state index is 14.6. The van der Waals surface area contributed by atoms with Crippen LogP contribution in [0.1, 0.15) is 33.1 Å². The van der Waals surface area contributed by atoms with Crippen LogP contribution in [0.3, 0.4) is 0 Å². The summed E-state index contributed by atoms with van der Waals surface area (Å²) in [7, 11) is 0. The zero-order chi connectivity index (χ0) is 31.6. The molecule has 8 nitrogen and oxygen atoms in total. The van der Waals surface area contributed by atoms with Gasteiger partial charge in [0, 0.05) is 47.4 Å². The Labute approximate surface area is 268 Å². The Bertz CT molecular complexity index is 1420. The second-order valence-corrected chi connectivity index (χ2v) is 14.0. The number of hydrogen-bond donors (Lipinski definition) is 1. The van der Waals surface area contributed by atoms with Crippen LogP contribution in [0.15, 0.2) is 73.8 Å². The van der Waals surface area contributed by atoms with E-state index in [4.69, 9.17) is 16.3 Å². The van der Waals surface area contributed by atoms with Crippen molar-refractivity contribution >= 4 is 52.5 Å². The standard InChI is InChI=1S/C34H40ClN3O5S/c1-5-19-36(25-13-15-26(16-14-25)43-7-3)30(40)27-28-31(41)38(21-8-22-39)29(34(28)18-17-33(27,4)44-34)32(42)37(20-6-2)24-11-9-23(35)10-12-24/h5-6,9-16,27-29,39H,1-2,7-8,17-22H2,3-4H3/t27-,28+,29?,33+,34?/m1/s1. The van der Waals surface area contributed by atoms with Gasteiger partial charge < -0.3 is 24.5 Å². The molecule has 0 saturated carbocycles. The minimum atomic E-state index is -0.801. The summed E-state index contributed by atoms with van der Waals surface area (Å²) in [5, 5.41) is 10.3.